The van der Waals surface area contributed by atoms with Crippen LogP contribution in [0.5, 0.6) is 0 Å². The molecule has 0 radical (unpaired) electrons. The number of allylic oxidation sites excluding steroid dienone is 2. The van der Waals surface area contributed by atoms with Crippen molar-refractivity contribution in [3.05, 3.63) is 82.9 Å². The summed E-state index contributed by atoms with van der Waals surface area (Å²) in [6, 6.07) is 16.9. The zero-order chi connectivity index (χ0) is 14.8. The van der Waals surface area contributed by atoms with E-state index in [0.717, 1.165) is 12.8 Å². The number of benzene rings is 2. The van der Waals surface area contributed by atoms with Crippen molar-refractivity contribution in [3.8, 4) is 0 Å². The second-order valence-corrected chi connectivity index (χ2v) is 5.12. The third-order valence-corrected chi connectivity index (χ3v) is 3.50. The summed E-state index contributed by atoms with van der Waals surface area (Å²) in [6.07, 6.45) is 6.64. The maximum absolute atomic E-state index is 2.21. The fourth-order valence-electron chi connectivity index (χ4n) is 1.96. The number of hydrogen-bond acceptors (Lipinski definition) is 0. The minimum absolute atomic E-state index is 1.15. The summed E-state index contributed by atoms with van der Waals surface area (Å²) < 4.78 is 0. The molecule has 0 N–H and O–H groups in total. The first-order valence-electron chi connectivity index (χ1n) is 7.33. The van der Waals surface area contributed by atoms with Crippen molar-refractivity contribution in [2.75, 3.05) is 0 Å². The molecule has 0 aliphatic carbocycles. The molecule has 0 saturated carbocycles. The lowest BCUT2D eigenvalue weighted by Crippen LogP contribution is -1.86. The number of aryl methyl sites for hydroxylation is 4. The lowest BCUT2D eigenvalue weighted by atomic mass is 10.0. The Morgan fingerprint density at radius 3 is 1.70 bits per heavy atom. The summed E-state index contributed by atoms with van der Waals surface area (Å²) in [4.78, 5) is 0. The minimum atomic E-state index is 1.15. The normalized spacial score (nSPS) is 10.2. The summed E-state index contributed by atoms with van der Waals surface area (Å²) in [7, 11) is 0. The average Bonchev–Trinajstić information content (AvgIpc) is 2.45. The van der Waals surface area contributed by atoms with Crippen LogP contribution in [-0.2, 0) is 6.42 Å². The van der Waals surface area contributed by atoms with Crippen molar-refractivity contribution in [2.45, 2.75) is 40.5 Å². The van der Waals surface area contributed by atoms with Crippen molar-refractivity contribution >= 4 is 0 Å². The molecular weight excluding hydrogens is 240 g/mol. The van der Waals surface area contributed by atoms with Gasteiger partial charge in [0.15, 0.2) is 0 Å². The van der Waals surface area contributed by atoms with E-state index in [4.69, 9.17) is 0 Å². The van der Waals surface area contributed by atoms with E-state index < -0.39 is 0 Å². The fraction of sp³-hybridized carbons (Fsp3) is 0.300. The predicted molar refractivity (Wildman–Crippen MR) is 90.2 cm³/mol. The fourth-order valence-corrected chi connectivity index (χ4v) is 1.96. The molecule has 0 nitrogen and oxygen atoms in total. The van der Waals surface area contributed by atoms with Gasteiger partial charge in [-0.2, -0.15) is 0 Å². The summed E-state index contributed by atoms with van der Waals surface area (Å²) in [5, 5.41) is 0. The molecule has 0 heteroatoms. The highest BCUT2D eigenvalue weighted by atomic mass is 14.0. The molecule has 2 aromatic carbocycles. The molecule has 0 atom stereocenters. The van der Waals surface area contributed by atoms with Crippen LogP contribution in [0.1, 0.15) is 35.6 Å². The molecule has 0 aliphatic heterocycles. The largest absolute Gasteiger partial charge is 0.0917 e. The highest BCUT2D eigenvalue weighted by Crippen LogP contribution is 2.09. The number of hydrogen-bond donors (Lipinski definition) is 0. The molecule has 0 spiro atoms. The van der Waals surface area contributed by atoms with E-state index in [1.807, 2.05) is 0 Å². The van der Waals surface area contributed by atoms with Crippen molar-refractivity contribution in [2.24, 2.45) is 0 Å². The first-order chi connectivity index (χ1) is 9.65. The molecule has 0 aliphatic rings. The summed E-state index contributed by atoms with van der Waals surface area (Å²) in [5.41, 5.74) is 5.61. The quantitative estimate of drug-likeness (QED) is 0.615. The monoisotopic (exact) mass is 266 g/mol. The van der Waals surface area contributed by atoms with Crippen LogP contribution < -0.4 is 0 Å². The van der Waals surface area contributed by atoms with Crippen LogP contribution in [0.4, 0.5) is 0 Å². The Morgan fingerprint density at radius 2 is 1.25 bits per heavy atom. The van der Waals surface area contributed by atoms with Gasteiger partial charge in [-0.15, -0.1) is 0 Å². The van der Waals surface area contributed by atoms with Gasteiger partial charge in [-0.25, -0.2) is 0 Å². The van der Waals surface area contributed by atoms with Gasteiger partial charge in [0.25, 0.3) is 0 Å². The molecule has 2 aromatic rings. The summed E-state index contributed by atoms with van der Waals surface area (Å²) in [5.74, 6) is 0. The summed E-state index contributed by atoms with van der Waals surface area (Å²) >= 11 is 0. The van der Waals surface area contributed by atoms with Crippen molar-refractivity contribution in [3.63, 3.8) is 0 Å². The minimum Gasteiger partial charge on any atom is -0.0917 e. The van der Waals surface area contributed by atoms with Crippen LogP contribution >= 0.6 is 0 Å². The standard InChI is InChI=1S/C12H16.C8H10/c1-3-4-5-9-12-10-7-6-8-11(12)2;1-7-5-3-4-6-8(7)2/h3-4,6-8,10H,5,9H2,1-2H3;3-6H,1-2H3. The Balaban J connectivity index is 0.000000217. The Bertz CT molecular complexity index is 514. The van der Waals surface area contributed by atoms with Gasteiger partial charge >= 0.3 is 0 Å². The molecule has 0 bridgehead atoms. The maximum Gasteiger partial charge on any atom is -0.0242 e. The van der Waals surface area contributed by atoms with Gasteiger partial charge in [-0.05, 0) is 62.8 Å². The topological polar surface area (TPSA) is 0 Å². The third kappa shape index (κ3) is 5.88. The molecule has 0 fully saturated rings. The van der Waals surface area contributed by atoms with E-state index in [1.165, 1.54) is 22.3 Å². The second-order valence-electron chi connectivity index (χ2n) is 5.12. The predicted octanol–water partition coefficient (Wildman–Crippen LogP) is 5.81. The van der Waals surface area contributed by atoms with Crippen LogP contribution in [0, 0.1) is 20.8 Å². The van der Waals surface area contributed by atoms with E-state index in [9.17, 15) is 0 Å². The van der Waals surface area contributed by atoms with E-state index in [2.05, 4.69) is 88.4 Å². The molecular formula is C20H26. The number of rotatable bonds is 3. The highest BCUT2D eigenvalue weighted by Gasteiger charge is 1.93. The molecule has 106 valence electrons. The van der Waals surface area contributed by atoms with Crippen LogP contribution in [0.3, 0.4) is 0 Å². The first kappa shape index (κ1) is 16.2. The van der Waals surface area contributed by atoms with Gasteiger partial charge in [0.2, 0.25) is 0 Å². The van der Waals surface area contributed by atoms with E-state index in [-0.39, 0.29) is 0 Å². The Morgan fingerprint density at radius 1 is 0.750 bits per heavy atom. The molecule has 20 heavy (non-hydrogen) atoms. The second kappa shape index (κ2) is 9.14. The van der Waals surface area contributed by atoms with Gasteiger partial charge in [-0.3, -0.25) is 0 Å². The van der Waals surface area contributed by atoms with Gasteiger partial charge in [-0.1, -0.05) is 60.7 Å². The third-order valence-electron chi connectivity index (χ3n) is 3.50. The highest BCUT2D eigenvalue weighted by molar-refractivity contribution is 5.25. The first-order valence-corrected chi connectivity index (χ1v) is 7.33. The Hall–Kier alpha value is -1.82. The van der Waals surface area contributed by atoms with Crippen LogP contribution in [-0.4, -0.2) is 0 Å². The molecule has 0 aromatic heterocycles. The van der Waals surface area contributed by atoms with Crippen molar-refractivity contribution in [1.29, 1.82) is 0 Å². The van der Waals surface area contributed by atoms with Gasteiger partial charge in [0.1, 0.15) is 0 Å². The van der Waals surface area contributed by atoms with E-state index >= 15 is 0 Å². The van der Waals surface area contributed by atoms with Crippen molar-refractivity contribution in [1.82, 2.24) is 0 Å². The average molecular weight is 266 g/mol. The maximum atomic E-state index is 2.21. The zero-order valence-electron chi connectivity index (χ0n) is 13.2. The van der Waals surface area contributed by atoms with Crippen LogP contribution in [0.2, 0.25) is 0 Å². The lowest BCUT2D eigenvalue weighted by molar-refractivity contribution is 0.985. The molecule has 0 amide bonds. The van der Waals surface area contributed by atoms with Crippen LogP contribution in [0.25, 0.3) is 0 Å². The van der Waals surface area contributed by atoms with E-state index in [1.54, 1.807) is 0 Å². The smallest absolute Gasteiger partial charge is 0.0242 e. The van der Waals surface area contributed by atoms with Gasteiger partial charge in [0, 0.05) is 0 Å². The molecule has 0 heterocycles. The molecule has 0 saturated heterocycles. The van der Waals surface area contributed by atoms with Gasteiger partial charge < -0.3 is 0 Å². The summed E-state index contributed by atoms with van der Waals surface area (Å²) in [6.45, 7) is 8.48. The molecule has 0 unspecified atom stereocenters. The lowest BCUT2D eigenvalue weighted by Gasteiger charge is -2.01. The van der Waals surface area contributed by atoms with Crippen molar-refractivity contribution < 1.29 is 0 Å². The SMILES string of the molecule is CC=CCCc1ccccc1C.Cc1ccccc1C. The Labute approximate surface area is 124 Å². The van der Waals surface area contributed by atoms with Gasteiger partial charge in [0.05, 0.1) is 0 Å². The zero-order valence-corrected chi connectivity index (χ0v) is 13.2. The Kier molecular flexibility index (Phi) is 7.42. The molecule has 2 rings (SSSR count). The van der Waals surface area contributed by atoms with E-state index in [0.29, 0.717) is 0 Å². The van der Waals surface area contributed by atoms with Crippen LogP contribution in [0.15, 0.2) is 60.7 Å².